The zero-order chi connectivity index (χ0) is 11.5. The maximum atomic E-state index is 11.0. The molecule has 1 aliphatic rings. The molecule has 0 bridgehead atoms. The van der Waals surface area contributed by atoms with Crippen LogP contribution in [0.4, 0.5) is 4.79 Å². The molecule has 1 unspecified atom stereocenters. The van der Waals surface area contributed by atoms with Gasteiger partial charge in [0.05, 0.1) is 13.2 Å². The van der Waals surface area contributed by atoms with Gasteiger partial charge in [0.25, 0.3) is 0 Å². The van der Waals surface area contributed by atoms with Crippen LogP contribution in [0.2, 0.25) is 0 Å². The van der Waals surface area contributed by atoms with Crippen molar-refractivity contribution in [1.29, 1.82) is 0 Å². The Morgan fingerprint density at radius 1 is 1.56 bits per heavy atom. The lowest BCUT2D eigenvalue weighted by molar-refractivity contribution is 0.140. The molecule has 1 heterocycles. The van der Waals surface area contributed by atoms with Gasteiger partial charge in [0.2, 0.25) is 0 Å². The molecule has 0 aromatic heterocycles. The van der Waals surface area contributed by atoms with Crippen molar-refractivity contribution in [2.45, 2.75) is 18.9 Å². The highest BCUT2D eigenvalue weighted by Crippen LogP contribution is 2.33. The first-order valence-electron chi connectivity index (χ1n) is 5.36. The SMILES string of the molecule is COc1cccc(C2CCCN2C(=O)O)c1. The molecule has 0 radical (unpaired) electrons. The molecule has 0 spiro atoms. The molecule has 1 fully saturated rings. The van der Waals surface area contributed by atoms with Gasteiger partial charge in [0.1, 0.15) is 5.75 Å². The van der Waals surface area contributed by atoms with Gasteiger partial charge < -0.3 is 14.7 Å². The molecule has 1 N–H and O–H groups in total. The molecule has 4 nitrogen and oxygen atoms in total. The van der Waals surface area contributed by atoms with Crippen molar-refractivity contribution in [2.75, 3.05) is 13.7 Å². The van der Waals surface area contributed by atoms with Crippen LogP contribution in [0.15, 0.2) is 24.3 Å². The number of likely N-dealkylation sites (tertiary alicyclic amines) is 1. The molecule has 1 aromatic rings. The fourth-order valence-corrected chi connectivity index (χ4v) is 2.19. The van der Waals surface area contributed by atoms with Crippen molar-refractivity contribution in [3.05, 3.63) is 29.8 Å². The zero-order valence-corrected chi connectivity index (χ0v) is 9.22. The van der Waals surface area contributed by atoms with Gasteiger partial charge in [-0.05, 0) is 30.5 Å². The first kappa shape index (κ1) is 10.8. The van der Waals surface area contributed by atoms with E-state index in [1.165, 1.54) is 4.90 Å². The lowest BCUT2D eigenvalue weighted by atomic mass is 10.0. The van der Waals surface area contributed by atoms with Gasteiger partial charge in [-0.3, -0.25) is 0 Å². The van der Waals surface area contributed by atoms with Gasteiger partial charge >= 0.3 is 6.09 Å². The second-order valence-corrected chi connectivity index (χ2v) is 3.91. The second-order valence-electron chi connectivity index (χ2n) is 3.91. The van der Waals surface area contributed by atoms with Crippen LogP contribution in [0.25, 0.3) is 0 Å². The minimum Gasteiger partial charge on any atom is -0.497 e. The van der Waals surface area contributed by atoms with Crippen molar-refractivity contribution in [2.24, 2.45) is 0 Å². The average Bonchev–Trinajstić information content (AvgIpc) is 2.78. The molecule has 0 saturated carbocycles. The summed E-state index contributed by atoms with van der Waals surface area (Å²) < 4.78 is 5.14. The average molecular weight is 221 g/mol. The van der Waals surface area contributed by atoms with Gasteiger partial charge in [-0.2, -0.15) is 0 Å². The monoisotopic (exact) mass is 221 g/mol. The standard InChI is InChI=1S/C12H15NO3/c1-16-10-5-2-4-9(8-10)11-6-3-7-13(11)12(14)15/h2,4-5,8,11H,3,6-7H2,1H3,(H,14,15). The Balaban J connectivity index is 2.25. The highest BCUT2D eigenvalue weighted by molar-refractivity contribution is 5.66. The summed E-state index contributed by atoms with van der Waals surface area (Å²) in [7, 11) is 1.61. The van der Waals surface area contributed by atoms with Crippen molar-refractivity contribution >= 4 is 6.09 Å². The molecular formula is C12H15NO3. The van der Waals surface area contributed by atoms with Crippen LogP contribution in [-0.2, 0) is 0 Å². The quantitative estimate of drug-likeness (QED) is 0.834. The Morgan fingerprint density at radius 2 is 2.38 bits per heavy atom. The summed E-state index contributed by atoms with van der Waals surface area (Å²) >= 11 is 0. The number of carboxylic acid groups (broad SMARTS) is 1. The van der Waals surface area contributed by atoms with E-state index in [0.717, 1.165) is 24.2 Å². The number of carbonyl (C=O) groups is 1. The third-order valence-electron chi connectivity index (χ3n) is 2.98. The van der Waals surface area contributed by atoms with Gasteiger partial charge in [-0.25, -0.2) is 4.79 Å². The Bertz CT molecular complexity index is 392. The summed E-state index contributed by atoms with van der Waals surface area (Å²) in [6.45, 7) is 0.622. The highest BCUT2D eigenvalue weighted by atomic mass is 16.5. The molecule has 1 amide bonds. The first-order chi connectivity index (χ1) is 7.72. The van der Waals surface area contributed by atoms with E-state index >= 15 is 0 Å². The first-order valence-corrected chi connectivity index (χ1v) is 5.36. The van der Waals surface area contributed by atoms with Crippen molar-refractivity contribution in [3.63, 3.8) is 0 Å². The van der Waals surface area contributed by atoms with Gasteiger partial charge in [0.15, 0.2) is 0 Å². The minimum atomic E-state index is -0.842. The van der Waals surface area contributed by atoms with Crippen LogP contribution in [0.5, 0.6) is 5.75 Å². The van der Waals surface area contributed by atoms with E-state index in [4.69, 9.17) is 9.84 Å². The van der Waals surface area contributed by atoms with Crippen LogP contribution >= 0.6 is 0 Å². The molecule has 2 rings (SSSR count). The molecule has 1 saturated heterocycles. The van der Waals surface area contributed by atoms with Gasteiger partial charge in [0, 0.05) is 6.54 Å². The van der Waals surface area contributed by atoms with Crippen LogP contribution < -0.4 is 4.74 Å². The number of amides is 1. The fourth-order valence-electron chi connectivity index (χ4n) is 2.19. The maximum absolute atomic E-state index is 11.0. The van der Waals surface area contributed by atoms with E-state index in [1.54, 1.807) is 7.11 Å². The Kier molecular flexibility index (Phi) is 2.99. The number of benzene rings is 1. The van der Waals surface area contributed by atoms with Crippen molar-refractivity contribution < 1.29 is 14.6 Å². The summed E-state index contributed by atoms with van der Waals surface area (Å²) in [5.74, 6) is 0.773. The van der Waals surface area contributed by atoms with Crippen LogP contribution in [-0.4, -0.2) is 29.8 Å². The van der Waals surface area contributed by atoms with E-state index in [2.05, 4.69) is 0 Å². The summed E-state index contributed by atoms with van der Waals surface area (Å²) in [6, 6.07) is 7.60. The molecular weight excluding hydrogens is 206 g/mol. The van der Waals surface area contributed by atoms with Crippen LogP contribution in [0.1, 0.15) is 24.4 Å². The zero-order valence-electron chi connectivity index (χ0n) is 9.22. The lowest BCUT2D eigenvalue weighted by Crippen LogP contribution is -2.28. The normalized spacial score (nSPS) is 19.8. The predicted molar refractivity (Wildman–Crippen MR) is 59.7 cm³/mol. The Labute approximate surface area is 94.4 Å². The topological polar surface area (TPSA) is 49.8 Å². The summed E-state index contributed by atoms with van der Waals surface area (Å²) in [5.41, 5.74) is 1.01. The Morgan fingerprint density at radius 3 is 3.06 bits per heavy atom. The highest BCUT2D eigenvalue weighted by Gasteiger charge is 2.29. The maximum Gasteiger partial charge on any atom is 0.407 e. The van der Waals surface area contributed by atoms with Gasteiger partial charge in [-0.15, -0.1) is 0 Å². The van der Waals surface area contributed by atoms with Crippen molar-refractivity contribution in [1.82, 2.24) is 4.90 Å². The van der Waals surface area contributed by atoms with Crippen LogP contribution in [0, 0.1) is 0 Å². The third-order valence-corrected chi connectivity index (χ3v) is 2.98. The minimum absolute atomic E-state index is 0.0207. The number of hydrogen-bond donors (Lipinski definition) is 1. The molecule has 86 valence electrons. The van der Waals surface area contributed by atoms with E-state index in [1.807, 2.05) is 24.3 Å². The van der Waals surface area contributed by atoms with E-state index < -0.39 is 6.09 Å². The molecule has 1 aliphatic heterocycles. The Hall–Kier alpha value is -1.71. The number of nitrogens with zero attached hydrogens (tertiary/aromatic N) is 1. The van der Waals surface area contributed by atoms with E-state index in [9.17, 15) is 4.79 Å². The molecule has 16 heavy (non-hydrogen) atoms. The largest absolute Gasteiger partial charge is 0.497 e. The van der Waals surface area contributed by atoms with Crippen molar-refractivity contribution in [3.8, 4) is 5.75 Å². The number of ether oxygens (including phenoxy) is 1. The number of methoxy groups -OCH3 is 1. The number of hydrogen-bond acceptors (Lipinski definition) is 2. The molecule has 1 atom stereocenters. The summed E-state index contributed by atoms with van der Waals surface area (Å²) in [4.78, 5) is 12.5. The smallest absolute Gasteiger partial charge is 0.407 e. The fraction of sp³-hybridized carbons (Fsp3) is 0.417. The van der Waals surface area contributed by atoms with E-state index in [0.29, 0.717) is 6.54 Å². The molecule has 0 aliphatic carbocycles. The molecule has 1 aromatic carbocycles. The third kappa shape index (κ3) is 1.96. The molecule has 4 heteroatoms. The summed E-state index contributed by atoms with van der Waals surface area (Å²) in [6.07, 6.45) is 0.971. The second kappa shape index (κ2) is 4.43. The van der Waals surface area contributed by atoms with Gasteiger partial charge in [-0.1, -0.05) is 12.1 Å². The lowest BCUT2D eigenvalue weighted by Gasteiger charge is -2.22. The number of rotatable bonds is 2. The summed E-state index contributed by atoms with van der Waals surface area (Å²) in [5, 5.41) is 9.07. The van der Waals surface area contributed by atoms with Crippen LogP contribution in [0.3, 0.4) is 0 Å². The predicted octanol–water partition coefficient (Wildman–Crippen LogP) is 2.51. The van der Waals surface area contributed by atoms with E-state index in [-0.39, 0.29) is 6.04 Å².